The van der Waals surface area contributed by atoms with Gasteiger partial charge in [-0.2, -0.15) is 0 Å². The monoisotopic (exact) mass is 298 g/mol. The molecule has 112 valence electrons. The highest BCUT2D eigenvalue weighted by molar-refractivity contribution is 6.30. The summed E-state index contributed by atoms with van der Waals surface area (Å²) >= 11 is 5.70. The highest BCUT2D eigenvalue weighted by atomic mass is 35.5. The molecule has 2 nitrogen and oxygen atoms in total. The molecule has 0 radical (unpaired) electrons. The van der Waals surface area contributed by atoms with Gasteiger partial charge in [0.1, 0.15) is 5.82 Å². The molecule has 0 saturated heterocycles. The fourth-order valence-corrected chi connectivity index (χ4v) is 3.23. The summed E-state index contributed by atoms with van der Waals surface area (Å²) in [6.07, 6.45) is 9.84. The number of rotatable bonds is 6. The lowest BCUT2D eigenvalue weighted by atomic mass is 9.84. The van der Waals surface area contributed by atoms with Crippen LogP contribution in [0.5, 0.6) is 0 Å². The molecule has 0 aliphatic heterocycles. The minimum atomic E-state index is -0.354. The van der Waals surface area contributed by atoms with Crippen molar-refractivity contribution >= 4 is 11.6 Å². The molecular weight excluding hydrogens is 275 g/mol. The average molecular weight is 299 g/mol. The summed E-state index contributed by atoms with van der Waals surface area (Å²) in [6, 6.07) is 5.20. The lowest BCUT2D eigenvalue weighted by molar-refractivity contribution is 0.313. The van der Waals surface area contributed by atoms with Gasteiger partial charge in [0, 0.05) is 6.04 Å². The first-order valence-electron chi connectivity index (χ1n) is 7.59. The molecule has 1 aliphatic carbocycles. The Morgan fingerprint density at radius 1 is 1.30 bits per heavy atom. The van der Waals surface area contributed by atoms with Crippen LogP contribution in [0.25, 0.3) is 0 Å². The van der Waals surface area contributed by atoms with E-state index in [9.17, 15) is 4.39 Å². The van der Waals surface area contributed by atoms with E-state index in [1.807, 2.05) is 6.07 Å². The van der Waals surface area contributed by atoms with Crippen LogP contribution in [-0.4, -0.2) is 6.04 Å². The summed E-state index contributed by atoms with van der Waals surface area (Å²) < 4.78 is 13.4. The first kappa shape index (κ1) is 15.7. The van der Waals surface area contributed by atoms with Crippen LogP contribution in [-0.2, 0) is 6.42 Å². The molecule has 1 aliphatic rings. The zero-order valence-electron chi connectivity index (χ0n) is 11.9. The number of hydrogen-bond acceptors (Lipinski definition) is 2. The van der Waals surface area contributed by atoms with Crippen LogP contribution in [0.4, 0.5) is 4.39 Å². The molecule has 0 heterocycles. The highest BCUT2D eigenvalue weighted by Gasteiger charge is 2.16. The highest BCUT2D eigenvalue weighted by Crippen LogP contribution is 2.28. The number of nitrogens with one attached hydrogen (secondary N) is 1. The number of halogens is 2. The van der Waals surface area contributed by atoms with Gasteiger partial charge in [-0.05, 0) is 42.9 Å². The van der Waals surface area contributed by atoms with E-state index in [2.05, 4.69) is 5.43 Å². The third-order valence-electron chi connectivity index (χ3n) is 4.35. The van der Waals surface area contributed by atoms with E-state index in [0.29, 0.717) is 0 Å². The average Bonchev–Trinajstić information content (AvgIpc) is 2.48. The van der Waals surface area contributed by atoms with E-state index in [1.165, 1.54) is 44.6 Å². The molecule has 1 unspecified atom stereocenters. The number of nitrogens with two attached hydrogens (primary N) is 1. The number of hydrogen-bond donors (Lipinski definition) is 2. The maximum atomic E-state index is 13.4. The summed E-state index contributed by atoms with van der Waals surface area (Å²) in [4.78, 5) is 0. The van der Waals surface area contributed by atoms with Gasteiger partial charge in [0.25, 0.3) is 0 Å². The summed E-state index contributed by atoms with van der Waals surface area (Å²) in [5.41, 5.74) is 3.81. The smallest absolute Gasteiger partial charge is 0.142 e. The molecule has 0 spiro atoms. The van der Waals surface area contributed by atoms with E-state index >= 15 is 0 Å². The fourth-order valence-electron chi connectivity index (χ4n) is 3.11. The molecule has 2 rings (SSSR count). The van der Waals surface area contributed by atoms with Crippen molar-refractivity contribution in [3.8, 4) is 0 Å². The molecule has 1 saturated carbocycles. The Hall–Kier alpha value is -0.640. The van der Waals surface area contributed by atoms with Crippen molar-refractivity contribution in [3.63, 3.8) is 0 Å². The second kappa shape index (κ2) is 7.96. The van der Waals surface area contributed by atoms with E-state index in [0.717, 1.165) is 24.3 Å². The Labute approximate surface area is 125 Å². The van der Waals surface area contributed by atoms with Crippen LogP contribution in [0.15, 0.2) is 18.2 Å². The molecule has 3 N–H and O–H groups in total. The van der Waals surface area contributed by atoms with Crippen molar-refractivity contribution in [2.75, 3.05) is 0 Å². The maximum absolute atomic E-state index is 13.4. The molecule has 1 atom stereocenters. The second-order valence-corrected chi connectivity index (χ2v) is 6.30. The SMILES string of the molecule is NNC(CCC1CCCCC1)Cc1ccc(Cl)c(F)c1. The Kier molecular flexibility index (Phi) is 6.27. The van der Waals surface area contributed by atoms with Gasteiger partial charge in [-0.15, -0.1) is 0 Å². The van der Waals surface area contributed by atoms with Crippen LogP contribution < -0.4 is 11.3 Å². The van der Waals surface area contributed by atoms with Gasteiger partial charge in [-0.1, -0.05) is 49.8 Å². The maximum Gasteiger partial charge on any atom is 0.142 e. The molecule has 0 amide bonds. The molecule has 4 heteroatoms. The van der Waals surface area contributed by atoms with Crippen molar-refractivity contribution in [1.29, 1.82) is 0 Å². The van der Waals surface area contributed by atoms with Gasteiger partial charge in [0.2, 0.25) is 0 Å². The van der Waals surface area contributed by atoms with Crippen LogP contribution in [0.3, 0.4) is 0 Å². The number of hydrazine groups is 1. The quantitative estimate of drug-likeness (QED) is 0.610. The zero-order valence-corrected chi connectivity index (χ0v) is 12.6. The molecule has 1 aromatic rings. The van der Waals surface area contributed by atoms with Crippen molar-refractivity contribution in [2.24, 2.45) is 11.8 Å². The van der Waals surface area contributed by atoms with Crippen molar-refractivity contribution in [1.82, 2.24) is 5.43 Å². The summed E-state index contributed by atoms with van der Waals surface area (Å²) in [5.74, 6) is 6.13. The van der Waals surface area contributed by atoms with Gasteiger partial charge in [-0.3, -0.25) is 11.3 Å². The van der Waals surface area contributed by atoms with E-state index in [4.69, 9.17) is 17.4 Å². The standard InChI is InChI=1S/C16H24ClFN2/c17-15-9-7-13(11-16(15)18)10-14(20-19)8-6-12-4-2-1-3-5-12/h7,9,11-12,14,20H,1-6,8,10,19H2. The predicted molar refractivity (Wildman–Crippen MR) is 82.0 cm³/mol. The predicted octanol–water partition coefficient (Wildman–Crippen LogP) is 4.21. The largest absolute Gasteiger partial charge is 0.271 e. The van der Waals surface area contributed by atoms with E-state index < -0.39 is 0 Å². The third kappa shape index (κ3) is 4.72. The molecule has 1 aromatic carbocycles. The van der Waals surface area contributed by atoms with Crippen molar-refractivity contribution < 1.29 is 4.39 Å². The van der Waals surface area contributed by atoms with Crippen LogP contribution in [0.2, 0.25) is 5.02 Å². The summed E-state index contributed by atoms with van der Waals surface area (Å²) in [5, 5.41) is 0.174. The minimum absolute atomic E-state index is 0.174. The fraction of sp³-hybridized carbons (Fsp3) is 0.625. The van der Waals surface area contributed by atoms with E-state index in [-0.39, 0.29) is 16.9 Å². The van der Waals surface area contributed by atoms with Gasteiger partial charge < -0.3 is 0 Å². The summed E-state index contributed by atoms with van der Waals surface area (Å²) in [6.45, 7) is 0. The van der Waals surface area contributed by atoms with Crippen LogP contribution >= 0.6 is 11.6 Å². The van der Waals surface area contributed by atoms with Gasteiger partial charge >= 0.3 is 0 Å². The molecular formula is C16H24ClFN2. The summed E-state index contributed by atoms with van der Waals surface area (Å²) in [7, 11) is 0. The zero-order chi connectivity index (χ0) is 14.4. The normalized spacial score (nSPS) is 18.1. The van der Waals surface area contributed by atoms with E-state index in [1.54, 1.807) is 6.07 Å². The first-order valence-corrected chi connectivity index (χ1v) is 7.97. The lowest BCUT2D eigenvalue weighted by Crippen LogP contribution is -2.37. The first-order chi connectivity index (χ1) is 9.69. The Morgan fingerprint density at radius 2 is 2.05 bits per heavy atom. The lowest BCUT2D eigenvalue weighted by Gasteiger charge is -2.24. The number of benzene rings is 1. The Morgan fingerprint density at radius 3 is 2.70 bits per heavy atom. The molecule has 0 aromatic heterocycles. The molecule has 0 bridgehead atoms. The van der Waals surface area contributed by atoms with Gasteiger partial charge in [-0.25, -0.2) is 4.39 Å². The second-order valence-electron chi connectivity index (χ2n) is 5.90. The topological polar surface area (TPSA) is 38.0 Å². The van der Waals surface area contributed by atoms with Crippen molar-refractivity contribution in [2.45, 2.75) is 57.4 Å². The van der Waals surface area contributed by atoms with Gasteiger partial charge in [0.05, 0.1) is 5.02 Å². The third-order valence-corrected chi connectivity index (χ3v) is 4.66. The van der Waals surface area contributed by atoms with Crippen molar-refractivity contribution in [3.05, 3.63) is 34.6 Å². The Balaban J connectivity index is 1.83. The Bertz CT molecular complexity index is 419. The minimum Gasteiger partial charge on any atom is -0.271 e. The van der Waals surface area contributed by atoms with Crippen LogP contribution in [0, 0.1) is 11.7 Å². The van der Waals surface area contributed by atoms with Gasteiger partial charge in [0.15, 0.2) is 0 Å². The molecule has 1 fully saturated rings. The molecule has 20 heavy (non-hydrogen) atoms. The van der Waals surface area contributed by atoms with Crippen LogP contribution in [0.1, 0.15) is 50.5 Å².